The lowest BCUT2D eigenvalue weighted by atomic mass is 9.99. The average Bonchev–Trinajstić information content (AvgIpc) is 3.25. The second-order valence-corrected chi connectivity index (χ2v) is 18.8. The fraction of sp³-hybridized carbons (Fsp3) is 0.860. The molecule has 1 rings (SSSR count). The highest BCUT2D eigenvalue weighted by Crippen LogP contribution is 2.26. The van der Waals surface area contributed by atoms with Gasteiger partial charge in [0.2, 0.25) is 5.91 Å². The van der Waals surface area contributed by atoms with Crippen LogP contribution in [0.2, 0.25) is 0 Å². The lowest BCUT2D eigenvalue weighted by molar-refractivity contribution is -0.298. The van der Waals surface area contributed by atoms with Gasteiger partial charge in [-0.1, -0.05) is 204 Å². The Bertz CT molecular complexity index is 1260. The number of carbonyl (C=O) groups is 1. The number of ether oxygens (including phenoxy) is 2. The molecular weight excluding hydrogens is 823 g/mol. The van der Waals surface area contributed by atoms with Crippen molar-refractivity contribution in [3.63, 3.8) is 0 Å². The molecule has 0 radical (unpaired) electrons. The number of hydrogen-bond donors (Lipinski definition) is 6. The first-order chi connectivity index (χ1) is 30.5. The van der Waals surface area contributed by atoms with Gasteiger partial charge in [0, 0.05) is 6.42 Å². The first-order valence-corrected chi connectivity index (χ1v) is 26.8. The Labute approximate surface area is 384 Å². The molecule has 7 unspecified atom stereocenters. The maximum Gasteiger partial charge on any atom is 0.397 e. The van der Waals surface area contributed by atoms with Gasteiger partial charge in [-0.2, -0.15) is 8.42 Å². The molecule has 0 saturated carbocycles. The quantitative estimate of drug-likeness (QED) is 0.0148. The van der Waals surface area contributed by atoms with E-state index in [0.29, 0.717) is 6.42 Å². The second kappa shape index (κ2) is 40.6. The van der Waals surface area contributed by atoms with Gasteiger partial charge in [0.05, 0.1) is 25.4 Å². The summed E-state index contributed by atoms with van der Waals surface area (Å²) >= 11 is 0. The van der Waals surface area contributed by atoms with Gasteiger partial charge >= 0.3 is 10.4 Å². The third-order valence-electron chi connectivity index (χ3n) is 11.9. The molecule has 0 aliphatic carbocycles. The van der Waals surface area contributed by atoms with E-state index in [-0.39, 0.29) is 18.9 Å². The van der Waals surface area contributed by atoms with Crippen molar-refractivity contribution in [2.75, 3.05) is 13.2 Å². The molecule has 6 N–H and O–H groups in total. The number of allylic oxidation sites excluding steroid dienone is 5. The zero-order valence-electron chi connectivity index (χ0n) is 39.6. The fourth-order valence-corrected chi connectivity index (χ4v) is 8.48. The van der Waals surface area contributed by atoms with Gasteiger partial charge in [-0.05, 0) is 44.9 Å². The number of aliphatic hydroxyl groups excluding tert-OH is 4. The monoisotopic (exact) mass is 916 g/mol. The summed E-state index contributed by atoms with van der Waals surface area (Å²) in [6.07, 6.45) is 40.3. The highest BCUT2D eigenvalue weighted by molar-refractivity contribution is 7.80. The molecule has 1 aliphatic rings. The van der Waals surface area contributed by atoms with Gasteiger partial charge in [-0.3, -0.25) is 9.35 Å². The van der Waals surface area contributed by atoms with E-state index in [0.717, 1.165) is 44.9 Å². The topological polar surface area (TPSA) is 192 Å². The summed E-state index contributed by atoms with van der Waals surface area (Å²) in [5.41, 5.74) is 0. The summed E-state index contributed by atoms with van der Waals surface area (Å²) in [6.45, 7) is 3.37. The molecule has 0 bridgehead atoms. The minimum atomic E-state index is -5.09. The molecule has 7 atom stereocenters. The van der Waals surface area contributed by atoms with Crippen molar-refractivity contribution in [2.24, 2.45) is 0 Å². The van der Waals surface area contributed by atoms with Crippen molar-refractivity contribution in [2.45, 2.75) is 262 Å². The van der Waals surface area contributed by atoms with Gasteiger partial charge in [-0.15, -0.1) is 0 Å². The fourth-order valence-electron chi connectivity index (χ4n) is 7.97. The smallest absolute Gasteiger partial charge is 0.394 e. The van der Waals surface area contributed by atoms with Gasteiger partial charge in [0.25, 0.3) is 0 Å². The summed E-state index contributed by atoms with van der Waals surface area (Å²) in [7, 11) is -5.09. The van der Waals surface area contributed by atoms with E-state index >= 15 is 0 Å². The molecule has 13 heteroatoms. The van der Waals surface area contributed by atoms with Crippen LogP contribution in [0.3, 0.4) is 0 Å². The van der Waals surface area contributed by atoms with Crippen LogP contribution in [0.1, 0.15) is 219 Å². The minimum absolute atomic E-state index is 0.265. The summed E-state index contributed by atoms with van der Waals surface area (Å²) < 4.78 is 47.7. The van der Waals surface area contributed by atoms with E-state index in [1.807, 2.05) is 6.08 Å². The predicted molar refractivity (Wildman–Crippen MR) is 255 cm³/mol. The molecule has 1 amide bonds. The van der Waals surface area contributed by atoms with E-state index in [2.05, 4.69) is 47.7 Å². The Kier molecular flexibility index (Phi) is 38.2. The molecular formula is C50H93NO11S. The molecule has 12 nitrogen and oxygen atoms in total. The lowest BCUT2D eigenvalue weighted by Gasteiger charge is -2.41. The number of hydrogen-bond acceptors (Lipinski definition) is 10. The largest absolute Gasteiger partial charge is 0.397 e. The van der Waals surface area contributed by atoms with Crippen LogP contribution in [0.15, 0.2) is 36.5 Å². The molecule has 0 aromatic carbocycles. The lowest BCUT2D eigenvalue weighted by Crippen LogP contribution is -2.61. The summed E-state index contributed by atoms with van der Waals surface area (Å²) in [6, 6.07) is -0.945. The van der Waals surface area contributed by atoms with Gasteiger partial charge < -0.3 is 35.2 Å². The van der Waals surface area contributed by atoms with Gasteiger partial charge in [0.1, 0.15) is 24.4 Å². The molecule has 1 fully saturated rings. The Balaban J connectivity index is 2.47. The van der Waals surface area contributed by atoms with Crippen molar-refractivity contribution in [3.8, 4) is 0 Å². The second-order valence-electron chi connectivity index (χ2n) is 17.8. The normalized spacial score (nSPS) is 20.7. The zero-order chi connectivity index (χ0) is 46.2. The molecule has 63 heavy (non-hydrogen) atoms. The molecule has 1 heterocycles. The Morgan fingerprint density at radius 2 is 1.05 bits per heavy atom. The minimum Gasteiger partial charge on any atom is -0.394 e. The first kappa shape index (κ1) is 59.3. The standard InChI is InChI=1S/C50H93NO11S/c1-3-5-7-9-11-13-15-17-19-21-22-24-26-28-30-32-34-36-38-40-46(54)51-43(42-60-50-48(56)49(62-63(57,58)59)47(55)45(41-52)61-50)44(53)39-37-35-33-31-29-27-25-23-20-18-16-14-12-10-8-6-4-2/h11,13,15,17,37,39,43-45,47-50,52-53,55-56H,3-10,12,14,16,18-36,38,40-42H2,1-2H3,(H,51,54)(H,57,58,59)/b13-11-,17-15-,39-37+. The summed E-state index contributed by atoms with van der Waals surface area (Å²) in [4.78, 5) is 13.1. The maximum atomic E-state index is 13.1. The van der Waals surface area contributed by atoms with Gasteiger partial charge in [-0.25, -0.2) is 4.18 Å². The van der Waals surface area contributed by atoms with Crippen LogP contribution in [0.25, 0.3) is 0 Å². The van der Waals surface area contributed by atoms with Crippen molar-refractivity contribution >= 4 is 16.3 Å². The highest BCUT2D eigenvalue weighted by atomic mass is 32.3. The number of rotatable bonds is 43. The SMILES string of the molecule is CCCCC/C=C\C=C/CCCCCCCCCCCCC(=O)NC(COC1OC(CO)C(O)C(OS(=O)(=O)O)C1O)C(O)/C=C/CCCCCCCCCCCCCCCCC. The summed E-state index contributed by atoms with van der Waals surface area (Å²) in [5, 5.41) is 44.8. The van der Waals surface area contributed by atoms with Crippen molar-refractivity contribution in [1.29, 1.82) is 0 Å². The number of aliphatic hydroxyl groups is 4. The van der Waals surface area contributed by atoms with E-state index in [4.69, 9.17) is 9.47 Å². The van der Waals surface area contributed by atoms with Crippen LogP contribution < -0.4 is 5.32 Å². The van der Waals surface area contributed by atoms with Crippen LogP contribution in [-0.2, 0) is 28.9 Å². The van der Waals surface area contributed by atoms with E-state index in [1.165, 1.54) is 148 Å². The van der Waals surface area contributed by atoms with Crippen molar-refractivity contribution in [3.05, 3.63) is 36.5 Å². The highest BCUT2D eigenvalue weighted by Gasteiger charge is 2.48. The molecule has 1 aliphatic heterocycles. The molecule has 1 saturated heterocycles. The Hall–Kier alpha value is -1.68. The van der Waals surface area contributed by atoms with E-state index in [9.17, 15) is 38.2 Å². The van der Waals surface area contributed by atoms with Crippen molar-refractivity contribution < 1.29 is 51.8 Å². The van der Waals surface area contributed by atoms with E-state index in [1.54, 1.807) is 6.08 Å². The zero-order valence-corrected chi connectivity index (χ0v) is 40.5. The van der Waals surface area contributed by atoms with Crippen LogP contribution in [0.5, 0.6) is 0 Å². The Morgan fingerprint density at radius 3 is 1.51 bits per heavy atom. The third kappa shape index (κ3) is 33.4. The van der Waals surface area contributed by atoms with Gasteiger partial charge in [0.15, 0.2) is 6.29 Å². The Morgan fingerprint density at radius 1 is 0.635 bits per heavy atom. The van der Waals surface area contributed by atoms with Crippen LogP contribution in [0.4, 0.5) is 0 Å². The number of amides is 1. The van der Waals surface area contributed by atoms with Crippen LogP contribution in [0, 0.1) is 0 Å². The molecule has 0 spiro atoms. The predicted octanol–water partition coefficient (Wildman–Crippen LogP) is 10.7. The first-order valence-electron chi connectivity index (χ1n) is 25.4. The molecule has 0 aromatic rings. The summed E-state index contributed by atoms with van der Waals surface area (Å²) in [5.74, 6) is -0.266. The number of carbonyl (C=O) groups excluding carboxylic acids is 1. The van der Waals surface area contributed by atoms with Crippen LogP contribution in [-0.4, -0.2) is 95.4 Å². The molecule has 370 valence electrons. The molecule has 0 aromatic heterocycles. The third-order valence-corrected chi connectivity index (χ3v) is 12.4. The average molecular weight is 916 g/mol. The van der Waals surface area contributed by atoms with E-state index < -0.39 is 59.9 Å². The number of nitrogens with one attached hydrogen (secondary N) is 1. The maximum absolute atomic E-state index is 13.1. The number of unbranched alkanes of at least 4 members (excludes halogenated alkanes) is 28. The van der Waals surface area contributed by atoms with Crippen molar-refractivity contribution in [1.82, 2.24) is 5.32 Å². The van der Waals surface area contributed by atoms with Crippen LogP contribution >= 0.6 is 0 Å².